The summed E-state index contributed by atoms with van der Waals surface area (Å²) < 4.78 is 0. The maximum Gasteiger partial charge on any atom is 0.115 e. The minimum absolute atomic E-state index is 0.304. The van der Waals surface area contributed by atoms with E-state index < -0.39 is 0 Å². The van der Waals surface area contributed by atoms with Crippen LogP contribution in [0.25, 0.3) is 5.57 Å². The Balaban J connectivity index is 1.86. The van der Waals surface area contributed by atoms with Crippen LogP contribution in [0, 0.1) is 5.92 Å². The maximum atomic E-state index is 9.44. The molecule has 21 heavy (non-hydrogen) atoms. The molecule has 1 aliphatic carbocycles. The van der Waals surface area contributed by atoms with Crippen molar-refractivity contribution >= 4 is 5.57 Å². The zero-order chi connectivity index (χ0) is 14.8. The van der Waals surface area contributed by atoms with Crippen LogP contribution in [0.4, 0.5) is 0 Å². The van der Waals surface area contributed by atoms with E-state index in [1.165, 1.54) is 16.7 Å². The first kappa shape index (κ1) is 13.7. The number of aromatic hydroxyl groups is 2. The summed E-state index contributed by atoms with van der Waals surface area (Å²) in [5.74, 6) is 1.69. The van der Waals surface area contributed by atoms with Crippen molar-refractivity contribution in [3.63, 3.8) is 0 Å². The van der Waals surface area contributed by atoms with Crippen LogP contribution >= 0.6 is 0 Å². The van der Waals surface area contributed by atoms with Crippen molar-refractivity contribution in [2.45, 2.75) is 25.7 Å². The monoisotopic (exact) mass is 280 g/mol. The minimum atomic E-state index is 0.304. The highest BCUT2D eigenvalue weighted by Gasteiger charge is 2.24. The van der Waals surface area contributed by atoms with Crippen molar-refractivity contribution in [1.82, 2.24) is 0 Å². The van der Waals surface area contributed by atoms with Crippen molar-refractivity contribution < 1.29 is 10.2 Å². The Bertz CT molecular complexity index is 638. The van der Waals surface area contributed by atoms with Gasteiger partial charge in [-0.15, -0.1) is 0 Å². The molecule has 3 rings (SSSR count). The second-order valence-electron chi connectivity index (χ2n) is 5.89. The molecule has 2 aromatic carbocycles. The average Bonchev–Trinajstić information content (AvgIpc) is 2.50. The number of benzene rings is 2. The molecule has 2 nitrogen and oxygen atoms in total. The van der Waals surface area contributed by atoms with E-state index in [2.05, 4.69) is 13.0 Å². The Morgan fingerprint density at radius 3 is 2.05 bits per heavy atom. The van der Waals surface area contributed by atoms with Gasteiger partial charge in [0.25, 0.3) is 0 Å². The lowest BCUT2D eigenvalue weighted by Gasteiger charge is -2.29. The van der Waals surface area contributed by atoms with E-state index in [-0.39, 0.29) is 0 Å². The molecule has 0 spiro atoms. The number of rotatable bonds is 2. The first-order valence-electron chi connectivity index (χ1n) is 7.41. The molecule has 0 aromatic heterocycles. The molecule has 0 amide bonds. The SMILES string of the molecule is CC1CC=C(c2ccc(O)cc2)CC1c1ccc(O)cc1. The quantitative estimate of drug-likeness (QED) is 0.837. The van der Waals surface area contributed by atoms with Crippen LogP contribution in [0.3, 0.4) is 0 Å². The van der Waals surface area contributed by atoms with Gasteiger partial charge in [0.15, 0.2) is 0 Å². The standard InChI is InChI=1S/C19H20O2/c1-13-2-3-16(14-4-8-17(20)9-5-14)12-19(13)15-6-10-18(21)11-7-15/h3-11,13,19-21H,2,12H2,1H3. The van der Waals surface area contributed by atoms with E-state index in [4.69, 9.17) is 0 Å². The van der Waals surface area contributed by atoms with Crippen LogP contribution < -0.4 is 0 Å². The second-order valence-corrected chi connectivity index (χ2v) is 5.89. The van der Waals surface area contributed by atoms with Crippen molar-refractivity contribution in [3.8, 4) is 11.5 Å². The molecular formula is C19H20O2. The highest BCUT2D eigenvalue weighted by Crippen LogP contribution is 2.41. The summed E-state index contributed by atoms with van der Waals surface area (Å²) >= 11 is 0. The van der Waals surface area contributed by atoms with E-state index in [1.807, 2.05) is 24.3 Å². The zero-order valence-corrected chi connectivity index (χ0v) is 12.2. The lowest BCUT2D eigenvalue weighted by atomic mass is 9.75. The summed E-state index contributed by atoms with van der Waals surface area (Å²) in [6, 6.07) is 15.0. The molecule has 2 aromatic rings. The Labute approximate surface area is 125 Å². The Kier molecular flexibility index (Phi) is 3.70. The summed E-state index contributed by atoms with van der Waals surface area (Å²) in [4.78, 5) is 0. The molecule has 2 N–H and O–H groups in total. The number of allylic oxidation sites excluding steroid dienone is 2. The molecule has 0 saturated heterocycles. The van der Waals surface area contributed by atoms with Gasteiger partial charge < -0.3 is 10.2 Å². The van der Waals surface area contributed by atoms with Crippen LogP contribution in [0.5, 0.6) is 11.5 Å². The van der Waals surface area contributed by atoms with E-state index in [0.29, 0.717) is 23.3 Å². The van der Waals surface area contributed by atoms with Gasteiger partial charge in [-0.1, -0.05) is 37.3 Å². The van der Waals surface area contributed by atoms with E-state index in [0.717, 1.165) is 12.8 Å². The minimum Gasteiger partial charge on any atom is -0.508 e. The molecule has 0 radical (unpaired) electrons. The van der Waals surface area contributed by atoms with Crippen LogP contribution in [0.15, 0.2) is 54.6 Å². The third-order valence-corrected chi connectivity index (χ3v) is 4.42. The topological polar surface area (TPSA) is 40.5 Å². The molecule has 2 atom stereocenters. The molecule has 1 aliphatic rings. The van der Waals surface area contributed by atoms with E-state index in [9.17, 15) is 10.2 Å². The van der Waals surface area contributed by atoms with Crippen LogP contribution in [0.2, 0.25) is 0 Å². The fourth-order valence-corrected chi connectivity index (χ4v) is 3.09. The second kappa shape index (κ2) is 5.65. The zero-order valence-electron chi connectivity index (χ0n) is 12.2. The predicted octanol–water partition coefficient (Wildman–Crippen LogP) is 4.69. The molecule has 0 heterocycles. The number of hydrogen-bond donors (Lipinski definition) is 2. The van der Waals surface area contributed by atoms with Gasteiger partial charge in [0.2, 0.25) is 0 Å². The van der Waals surface area contributed by atoms with Gasteiger partial charge in [0.1, 0.15) is 11.5 Å². The van der Waals surface area contributed by atoms with Crippen molar-refractivity contribution in [3.05, 3.63) is 65.7 Å². The van der Waals surface area contributed by atoms with Crippen molar-refractivity contribution in [1.29, 1.82) is 0 Å². The van der Waals surface area contributed by atoms with Gasteiger partial charge in [-0.05, 0) is 65.6 Å². The summed E-state index contributed by atoms with van der Waals surface area (Å²) in [6.45, 7) is 2.28. The average molecular weight is 280 g/mol. The summed E-state index contributed by atoms with van der Waals surface area (Å²) in [5, 5.41) is 18.9. The van der Waals surface area contributed by atoms with E-state index >= 15 is 0 Å². The Morgan fingerprint density at radius 1 is 0.857 bits per heavy atom. The van der Waals surface area contributed by atoms with Crippen molar-refractivity contribution in [2.75, 3.05) is 0 Å². The Morgan fingerprint density at radius 2 is 1.43 bits per heavy atom. The highest BCUT2D eigenvalue weighted by atomic mass is 16.3. The first-order valence-corrected chi connectivity index (χ1v) is 7.41. The lowest BCUT2D eigenvalue weighted by molar-refractivity contribution is 0.452. The largest absolute Gasteiger partial charge is 0.508 e. The molecule has 108 valence electrons. The van der Waals surface area contributed by atoms with Crippen LogP contribution in [0.1, 0.15) is 36.8 Å². The maximum absolute atomic E-state index is 9.44. The summed E-state index contributed by atoms with van der Waals surface area (Å²) in [7, 11) is 0. The Hall–Kier alpha value is -2.22. The van der Waals surface area contributed by atoms with Gasteiger partial charge in [-0.3, -0.25) is 0 Å². The van der Waals surface area contributed by atoms with Gasteiger partial charge in [-0.2, -0.15) is 0 Å². The fraction of sp³-hybridized carbons (Fsp3) is 0.263. The van der Waals surface area contributed by atoms with E-state index in [1.54, 1.807) is 24.3 Å². The van der Waals surface area contributed by atoms with Crippen LogP contribution in [-0.2, 0) is 0 Å². The highest BCUT2D eigenvalue weighted by molar-refractivity contribution is 5.67. The van der Waals surface area contributed by atoms with Crippen molar-refractivity contribution in [2.24, 2.45) is 5.92 Å². The van der Waals surface area contributed by atoms with Crippen LogP contribution in [-0.4, -0.2) is 10.2 Å². The molecule has 0 saturated carbocycles. The summed E-state index contributed by atoms with van der Waals surface area (Å²) in [6.07, 6.45) is 4.37. The lowest BCUT2D eigenvalue weighted by Crippen LogP contribution is -2.14. The fourth-order valence-electron chi connectivity index (χ4n) is 3.09. The normalized spacial score (nSPS) is 21.9. The molecule has 2 heteroatoms. The van der Waals surface area contributed by atoms with Gasteiger partial charge >= 0.3 is 0 Å². The van der Waals surface area contributed by atoms with Gasteiger partial charge in [0.05, 0.1) is 0 Å². The smallest absolute Gasteiger partial charge is 0.115 e. The predicted molar refractivity (Wildman–Crippen MR) is 85.3 cm³/mol. The number of phenols is 2. The molecular weight excluding hydrogens is 260 g/mol. The molecule has 0 aliphatic heterocycles. The molecule has 2 unspecified atom stereocenters. The molecule has 0 bridgehead atoms. The molecule has 0 fully saturated rings. The summed E-state index contributed by atoms with van der Waals surface area (Å²) in [5.41, 5.74) is 3.80. The number of phenolic OH excluding ortho intramolecular Hbond substituents is 2. The first-order chi connectivity index (χ1) is 10.1. The van der Waals surface area contributed by atoms with Gasteiger partial charge in [-0.25, -0.2) is 0 Å². The van der Waals surface area contributed by atoms with Gasteiger partial charge in [0, 0.05) is 0 Å². The number of hydrogen-bond acceptors (Lipinski definition) is 2. The third kappa shape index (κ3) is 2.94. The third-order valence-electron chi connectivity index (χ3n) is 4.42.